The van der Waals surface area contributed by atoms with E-state index in [4.69, 9.17) is 5.73 Å². The van der Waals surface area contributed by atoms with Gasteiger partial charge in [0, 0.05) is 32.6 Å². The zero-order valence-corrected chi connectivity index (χ0v) is 13.8. The summed E-state index contributed by atoms with van der Waals surface area (Å²) in [7, 11) is 1.98. The highest BCUT2D eigenvalue weighted by atomic mass is 16.2. The quantitative estimate of drug-likeness (QED) is 0.778. The molecule has 0 spiro atoms. The Hall–Kier alpha value is -0.610. The van der Waals surface area contributed by atoms with Gasteiger partial charge in [0.1, 0.15) is 0 Å². The van der Waals surface area contributed by atoms with Crippen molar-refractivity contribution < 1.29 is 4.79 Å². The van der Waals surface area contributed by atoms with Gasteiger partial charge < -0.3 is 15.5 Å². The predicted octanol–water partition coefficient (Wildman–Crippen LogP) is 2.08. The Kier molecular flexibility index (Phi) is 6.96. The van der Waals surface area contributed by atoms with Crippen LogP contribution in [-0.4, -0.2) is 55.0 Å². The predicted molar refractivity (Wildman–Crippen MR) is 84.6 cm³/mol. The topological polar surface area (TPSA) is 49.6 Å². The number of hydrogen-bond donors (Lipinski definition) is 1. The molecule has 0 aromatic heterocycles. The third-order valence-corrected chi connectivity index (χ3v) is 4.78. The molecule has 0 unspecified atom stereocenters. The number of amides is 1. The van der Waals surface area contributed by atoms with Gasteiger partial charge >= 0.3 is 0 Å². The first-order valence-electron chi connectivity index (χ1n) is 8.07. The second-order valence-electron chi connectivity index (χ2n) is 6.87. The van der Waals surface area contributed by atoms with Crippen LogP contribution in [0.5, 0.6) is 0 Å². The van der Waals surface area contributed by atoms with E-state index in [9.17, 15) is 4.79 Å². The molecule has 0 bridgehead atoms. The molecule has 0 atom stereocenters. The second kappa shape index (κ2) is 7.99. The average molecular weight is 283 g/mol. The summed E-state index contributed by atoms with van der Waals surface area (Å²) in [5.74, 6) is 0.296. The van der Waals surface area contributed by atoms with Crippen molar-refractivity contribution >= 4 is 5.91 Å². The van der Waals surface area contributed by atoms with Crippen molar-refractivity contribution in [2.45, 2.75) is 58.9 Å². The highest BCUT2D eigenvalue weighted by molar-refractivity contribution is 5.76. The van der Waals surface area contributed by atoms with E-state index in [-0.39, 0.29) is 5.41 Å². The lowest BCUT2D eigenvalue weighted by molar-refractivity contribution is -0.133. The van der Waals surface area contributed by atoms with Crippen molar-refractivity contribution in [3.63, 3.8) is 0 Å². The van der Waals surface area contributed by atoms with Gasteiger partial charge in [-0.25, -0.2) is 0 Å². The molecule has 1 fully saturated rings. The fourth-order valence-electron chi connectivity index (χ4n) is 2.96. The number of nitrogens with two attached hydrogens (primary N) is 1. The first kappa shape index (κ1) is 17.4. The Morgan fingerprint density at radius 1 is 1.30 bits per heavy atom. The van der Waals surface area contributed by atoms with Crippen molar-refractivity contribution in [2.24, 2.45) is 11.1 Å². The Morgan fingerprint density at radius 2 is 1.90 bits per heavy atom. The summed E-state index contributed by atoms with van der Waals surface area (Å²) in [5, 5.41) is 0. The third-order valence-electron chi connectivity index (χ3n) is 4.78. The highest BCUT2D eigenvalue weighted by Crippen LogP contribution is 2.26. The molecule has 1 rings (SSSR count). The fraction of sp³-hybridized carbons (Fsp3) is 0.938. The summed E-state index contributed by atoms with van der Waals surface area (Å²) < 4.78 is 0. The van der Waals surface area contributed by atoms with Crippen molar-refractivity contribution in [1.29, 1.82) is 0 Å². The zero-order chi connectivity index (χ0) is 15.2. The third kappa shape index (κ3) is 5.41. The van der Waals surface area contributed by atoms with Crippen LogP contribution in [0.25, 0.3) is 0 Å². The zero-order valence-electron chi connectivity index (χ0n) is 13.8. The lowest BCUT2D eigenvalue weighted by Gasteiger charge is -2.36. The Morgan fingerprint density at radius 3 is 2.40 bits per heavy atom. The van der Waals surface area contributed by atoms with E-state index in [1.54, 1.807) is 0 Å². The molecule has 2 N–H and O–H groups in total. The van der Waals surface area contributed by atoms with E-state index in [0.717, 1.165) is 45.3 Å². The molecule has 4 heteroatoms. The van der Waals surface area contributed by atoms with Crippen LogP contribution >= 0.6 is 0 Å². The average Bonchev–Trinajstić information content (AvgIpc) is 2.44. The van der Waals surface area contributed by atoms with Crippen LogP contribution in [0, 0.1) is 5.41 Å². The van der Waals surface area contributed by atoms with E-state index in [2.05, 4.69) is 25.7 Å². The van der Waals surface area contributed by atoms with Crippen LogP contribution in [0.2, 0.25) is 0 Å². The molecule has 0 aromatic rings. The number of piperidine rings is 1. The number of carbonyl (C=O) groups excluding carboxylic acids is 1. The minimum absolute atomic E-state index is 0.177. The molecule has 0 aliphatic carbocycles. The monoisotopic (exact) mass is 283 g/mol. The van der Waals surface area contributed by atoms with Gasteiger partial charge in [0.05, 0.1) is 0 Å². The standard InChI is InChI=1S/C16H33N3O/c1-5-19-12-7-14(8-13-19)18(4)15(20)6-9-16(2,3)10-11-17/h14H,5-13,17H2,1-4H3. The maximum atomic E-state index is 12.3. The van der Waals surface area contributed by atoms with E-state index in [1.165, 1.54) is 0 Å². The SMILES string of the molecule is CCN1CCC(N(C)C(=O)CCC(C)(C)CCN)CC1. The van der Waals surface area contributed by atoms with Gasteiger partial charge in [-0.05, 0) is 44.2 Å². The van der Waals surface area contributed by atoms with Crippen LogP contribution < -0.4 is 5.73 Å². The molecule has 0 aromatic carbocycles. The Balaban J connectivity index is 2.36. The van der Waals surface area contributed by atoms with E-state index in [1.807, 2.05) is 11.9 Å². The van der Waals surface area contributed by atoms with E-state index in [0.29, 0.717) is 24.9 Å². The number of likely N-dealkylation sites (tertiary alicyclic amines) is 1. The molecule has 20 heavy (non-hydrogen) atoms. The summed E-state index contributed by atoms with van der Waals surface area (Å²) >= 11 is 0. The van der Waals surface area contributed by atoms with Gasteiger partial charge in [-0.2, -0.15) is 0 Å². The van der Waals surface area contributed by atoms with Gasteiger partial charge in [0.15, 0.2) is 0 Å². The molecule has 1 heterocycles. The molecule has 0 radical (unpaired) electrons. The molecule has 1 saturated heterocycles. The van der Waals surface area contributed by atoms with Crippen LogP contribution in [0.15, 0.2) is 0 Å². The van der Waals surface area contributed by atoms with Crippen molar-refractivity contribution in [1.82, 2.24) is 9.80 Å². The van der Waals surface area contributed by atoms with Crippen molar-refractivity contribution in [3.05, 3.63) is 0 Å². The molecule has 118 valence electrons. The van der Waals surface area contributed by atoms with Gasteiger partial charge in [-0.15, -0.1) is 0 Å². The first-order chi connectivity index (χ1) is 9.39. The molecular weight excluding hydrogens is 250 g/mol. The lowest BCUT2D eigenvalue weighted by Crippen LogP contribution is -2.45. The highest BCUT2D eigenvalue weighted by Gasteiger charge is 2.26. The molecule has 1 aliphatic rings. The van der Waals surface area contributed by atoms with Crippen LogP contribution in [0.3, 0.4) is 0 Å². The van der Waals surface area contributed by atoms with Crippen LogP contribution in [0.4, 0.5) is 0 Å². The van der Waals surface area contributed by atoms with Crippen LogP contribution in [0.1, 0.15) is 52.9 Å². The number of carbonyl (C=O) groups is 1. The summed E-state index contributed by atoms with van der Waals surface area (Å²) in [4.78, 5) is 16.8. The minimum Gasteiger partial charge on any atom is -0.343 e. The van der Waals surface area contributed by atoms with Crippen molar-refractivity contribution in [2.75, 3.05) is 33.2 Å². The minimum atomic E-state index is 0.177. The molecule has 0 saturated carbocycles. The molecule has 1 amide bonds. The maximum Gasteiger partial charge on any atom is 0.222 e. The summed E-state index contributed by atoms with van der Waals surface area (Å²) in [5.41, 5.74) is 5.80. The number of hydrogen-bond acceptors (Lipinski definition) is 3. The smallest absolute Gasteiger partial charge is 0.222 e. The Bertz CT molecular complexity index is 296. The van der Waals surface area contributed by atoms with Gasteiger partial charge in [-0.3, -0.25) is 4.79 Å². The van der Waals surface area contributed by atoms with Gasteiger partial charge in [0.25, 0.3) is 0 Å². The van der Waals surface area contributed by atoms with E-state index >= 15 is 0 Å². The lowest BCUT2D eigenvalue weighted by atomic mass is 9.84. The normalized spacial score (nSPS) is 18.2. The molecule has 4 nitrogen and oxygen atoms in total. The van der Waals surface area contributed by atoms with Crippen molar-refractivity contribution in [3.8, 4) is 0 Å². The summed E-state index contributed by atoms with van der Waals surface area (Å²) in [6, 6.07) is 0.433. The Labute approximate surface area is 124 Å². The maximum absolute atomic E-state index is 12.3. The largest absolute Gasteiger partial charge is 0.343 e. The first-order valence-corrected chi connectivity index (χ1v) is 8.07. The summed E-state index contributed by atoms with van der Waals surface area (Å²) in [6.45, 7) is 10.7. The molecule has 1 aliphatic heterocycles. The summed E-state index contributed by atoms with van der Waals surface area (Å²) in [6.07, 6.45) is 4.79. The fourth-order valence-corrected chi connectivity index (χ4v) is 2.96. The van der Waals surface area contributed by atoms with Gasteiger partial charge in [0.2, 0.25) is 5.91 Å². The number of rotatable bonds is 7. The number of nitrogens with zero attached hydrogens (tertiary/aromatic N) is 2. The van der Waals surface area contributed by atoms with Gasteiger partial charge in [-0.1, -0.05) is 20.8 Å². The molecular formula is C16H33N3O. The second-order valence-corrected chi connectivity index (χ2v) is 6.87. The van der Waals surface area contributed by atoms with E-state index < -0.39 is 0 Å². The van der Waals surface area contributed by atoms with Crippen LogP contribution in [-0.2, 0) is 4.79 Å².